The monoisotopic (exact) mass is 418 g/mol. The maximum absolute atomic E-state index is 12.6. The number of non-ortho nitro benzene ring substituents is 1. The molecule has 3 aromatic carbocycles. The summed E-state index contributed by atoms with van der Waals surface area (Å²) in [6.07, 6.45) is 1.09. The first-order valence-electron chi connectivity index (χ1n) is 9.13. The number of hydrogen-bond donors (Lipinski definition) is 3. The fourth-order valence-corrected chi connectivity index (χ4v) is 2.79. The lowest BCUT2D eigenvalue weighted by Crippen LogP contribution is -2.21. The molecule has 31 heavy (non-hydrogen) atoms. The number of anilines is 1. The number of nitro benzene ring substituents is 1. The number of nitrogens with zero attached hydrogens (tertiary/aromatic N) is 2. The number of aromatic hydroxyl groups is 1. The molecule has 3 N–H and O–H groups in total. The van der Waals surface area contributed by atoms with E-state index in [0.29, 0.717) is 11.3 Å². The standard InChI is InChI=1S/C22H18N4O5/c1-14-6-2-3-7-17(14)21(28)24-19-9-5-4-8-18(19)22(29)25-23-13-15-12-16(26(30)31)10-11-20(15)27/h2-13,27H,1H3,(H,24,28)(H,25,29)/b23-13+. The van der Waals surface area contributed by atoms with Crippen molar-refractivity contribution in [3.05, 3.63) is 99.1 Å². The van der Waals surface area contributed by atoms with Gasteiger partial charge in [0.25, 0.3) is 17.5 Å². The maximum Gasteiger partial charge on any atom is 0.273 e. The number of nitro groups is 1. The fourth-order valence-electron chi connectivity index (χ4n) is 2.79. The quantitative estimate of drug-likeness (QED) is 0.319. The lowest BCUT2D eigenvalue weighted by Gasteiger charge is -2.11. The number of para-hydroxylation sites is 1. The molecule has 3 rings (SSSR count). The summed E-state index contributed by atoms with van der Waals surface area (Å²) < 4.78 is 0. The number of benzene rings is 3. The second-order valence-electron chi connectivity index (χ2n) is 6.51. The Labute approximate surface area is 177 Å². The van der Waals surface area contributed by atoms with Crippen LogP contribution in [0.1, 0.15) is 31.8 Å². The Kier molecular flexibility index (Phi) is 6.36. The SMILES string of the molecule is Cc1ccccc1C(=O)Nc1ccccc1C(=O)N/N=C/c1cc([N+](=O)[O-])ccc1O. The van der Waals surface area contributed by atoms with Crippen LogP contribution in [0.25, 0.3) is 0 Å². The van der Waals surface area contributed by atoms with Crippen molar-refractivity contribution >= 4 is 29.4 Å². The molecule has 2 amide bonds. The molecule has 0 heterocycles. The molecule has 0 atom stereocenters. The lowest BCUT2D eigenvalue weighted by molar-refractivity contribution is -0.384. The van der Waals surface area contributed by atoms with E-state index in [1.165, 1.54) is 6.07 Å². The largest absolute Gasteiger partial charge is 0.507 e. The van der Waals surface area contributed by atoms with Crippen molar-refractivity contribution < 1.29 is 19.6 Å². The minimum atomic E-state index is -0.609. The molecule has 0 aliphatic rings. The third kappa shape index (κ3) is 5.10. The van der Waals surface area contributed by atoms with Crippen LogP contribution in [0.4, 0.5) is 11.4 Å². The number of carbonyl (C=O) groups is 2. The second kappa shape index (κ2) is 9.31. The van der Waals surface area contributed by atoms with E-state index in [9.17, 15) is 24.8 Å². The smallest absolute Gasteiger partial charge is 0.273 e. The molecule has 9 heteroatoms. The van der Waals surface area contributed by atoms with Crippen LogP contribution in [0, 0.1) is 17.0 Å². The van der Waals surface area contributed by atoms with E-state index in [2.05, 4.69) is 15.8 Å². The van der Waals surface area contributed by atoms with Crippen LogP contribution in [-0.4, -0.2) is 28.1 Å². The number of hydrogen-bond acceptors (Lipinski definition) is 6. The average molecular weight is 418 g/mol. The fraction of sp³-hybridized carbons (Fsp3) is 0.0455. The molecule has 0 unspecified atom stereocenters. The molecule has 0 saturated carbocycles. The van der Waals surface area contributed by atoms with Crippen LogP contribution in [0.15, 0.2) is 71.8 Å². The summed E-state index contributed by atoms with van der Waals surface area (Å²) in [7, 11) is 0. The van der Waals surface area contributed by atoms with Gasteiger partial charge in [0.15, 0.2) is 0 Å². The Bertz CT molecular complexity index is 1190. The van der Waals surface area contributed by atoms with Crippen LogP contribution in [-0.2, 0) is 0 Å². The second-order valence-corrected chi connectivity index (χ2v) is 6.51. The van der Waals surface area contributed by atoms with Gasteiger partial charge in [0, 0.05) is 23.3 Å². The molecule has 0 spiro atoms. The zero-order valence-corrected chi connectivity index (χ0v) is 16.4. The summed E-state index contributed by atoms with van der Waals surface area (Å²) in [6.45, 7) is 1.81. The summed E-state index contributed by atoms with van der Waals surface area (Å²) in [4.78, 5) is 35.4. The highest BCUT2D eigenvalue weighted by Crippen LogP contribution is 2.21. The normalized spacial score (nSPS) is 10.6. The molecular weight excluding hydrogens is 400 g/mol. The molecule has 0 saturated heterocycles. The van der Waals surface area contributed by atoms with Crippen molar-refractivity contribution in [3.63, 3.8) is 0 Å². The van der Waals surface area contributed by atoms with Crippen LogP contribution in [0.2, 0.25) is 0 Å². The van der Waals surface area contributed by atoms with Gasteiger partial charge in [-0.3, -0.25) is 19.7 Å². The van der Waals surface area contributed by atoms with E-state index >= 15 is 0 Å². The molecule has 0 aliphatic carbocycles. The van der Waals surface area contributed by atoms with E-state index in [0.717, 1.165) is 30.0 Å². The van der Waals surface area contributed by atoms with Crippen molar-refractivity contribution in [3.8, 4) is 5.75 Å². The summed E-state index contributed by atoms with van der Waals surface area (Å²) >= 11 is 0. The first kappa shape index (κ1) is 21.2. The van der Waals surface area contributed by atoms with Gasteiger partial charge in [-0.1, -0.05) is 30.3 Å². The van der Waals surface area contributed by atoms with Gasteiger partial charge >= 0.3 is 0 Å². The number of carbonyl (C=O) groups excluding carboxylic acids is 2. The molecule has 9 nitrogen and oxygen atoms in total. The Morgan fingerprint density at radius 3 is 2.39 bits per heavy atom. The molecule has 0 fully saturated rings. The van der Waals surface area contributed by atoms with Crippen molar-refractivity contribution in [2.45, 2.75) is 6.92 Å². The van der Waals surface area contributed by atoms with Crippen LogP contribution in [0.5, 0.6) is 5.75 Å². The van der Waals surface area contributed by atoms with Crippen LogP contribution in [0.3, 0.4) is 0 Å². The zero-order chi connectivity index (χ0) is 22.4. The van der Waals surface area contributed by atoms with Crippen molar-refractivity contribution in [2.75, 3.05) is 5.32 Å². The Morgan fingerprint density at radius 1 is 1.00 bits per heavy atom. The summed E-state index contributed by atoms with van der Waals surface area (Å²) in [5, 5.41) is 27.1. The average Bonchev–Trinajstić information content (AvgIpc) is 2.75. The van der Waals surface area contributed by atoms with Gasteiger partial charge < -0.3 is 10.4 Å². The minimum absolute atomic E-state index is 0.0654. The van der Waals surface area contributed by atoms with Gasteiger partial charge in [-0.2, -0.15) is 5.10 Å². The van der Waals surface area contributed by atoms with E-state index in [1.807, 2.05) is 19.1 Å². The van der Waals surface area contributed by atoms with Crippen LogP contribution < -0.4 is 10.7 Å². The maximum atomic E-state index is 12.6. The number of aryl methyl sites for hydroxylation is 1. The molecule has 0 bridgehead atoms. The van der Waals surface area contributed by atoms with Gasteiger partial charge in [0.1, 0.15) is 5.75 Å². The topological polar surface area (TPSA) is 134 Å². The molecular formula is C22H18N4O5. The third-order valence-electron chi connectivity index (χ3n) is 4.40. The molecule has 0 radical (unpaired) electrons. The summed E-state index contributed by atoms with van der Waals surface area (Å²) in [5.74, 6) is -1.19. The minimum Gasteiger partial charge on any atom is -0.507 e. The first-order valence-corrected chi connectivity index (χ1v) is 9.13. The van der Waals surface area contributed by atoms with Gasteiger partial charge in [0.2, 0.25) is 0 Å². The zero-order valence-electron chi connectivity index (χ0n) is 16.4. The highest BCUT2D eigenvalue weighted by molar-refractivity contribution is 6.09. The Hall–Kier alpha value is -4.53. The van der Waals surface area contributed by atoms with Gasteiger partial charge in [-0.25, -0.2) is 5.43 Å². The summed E-state index contributed by atoms with van der Waals surface area (Å²) in [5.41, 5.74) is 3.87. The van der Waals surface area contributed by atoms with Crippen molar-refractivity contribution in [2.24, 2.45) is 5.10 Å². The first-order chi connectivity index (χ1) is 14.9. The van der Waals surface area contributed by atoms with Gasteiger partial charge in [-0.05, 0) is 36.8 Å². The molecule has 3 aromatic rings. The number of amides is 2. The molecule has 0 aromatic heterocycles. The van der Waals surface area contributed by atoms with Crippen molar-refractivity contribution in [1.29, 1.82) is 0 Å². The summed E-state index contributed by atoms with van der Waals surface area (Å²) in [6, 6.07) is 16.9. The van der Waals surface area contributed by atoms with Crippen molar-refractivity contribution in [1.82, 2.24) is 5.43 Å². The van der Waals surface area contributed by atoms with E-state index in [4.69, 9.17) is 0 Å². The number of nitrogens with one attached hydrogen (secondary N) is 2. The van der Waals surface area contributed by atoms with Gasteiger partial charge in [0.05, 0.1) is 22.4 Å². The number of phenols is 1. The van der Waals surface area contributed by atoms with E-state index < -0.39 is 10.8 Å². The molecule has 0 aliphatic heterocycles. The number of rotatable bonds is 6. The Balaban J connectivity index is 1.75. The highest BCUT2D eigenvalue weighted by atomic mass is 16.6. The highest BCUT2D eigenvalue weighted by Gasteiger charge is 2.15. The van der Waals surface area contributed by atoms with E-state index in [-0.39, 0.29) is 28.5 Å². The molecule has 156 valence electrons. The predicted molar refractivity (Wildman–Crippen MR) is 115 cm³/mol. The number of phenolic OH excluding ortho intramolecular Hbond substituents is 1. The predicted octanol–water partition coefficient (Wildman–Crippen LogP) is 3.63. The van der Waals surface area contributed by atoms with Crippen LogP contribution >= 0.6 is 0 Å². The third-order valence-corrected chi connectivity index (χ3v) is 4.40. The Morgan fingerprint density at radius 2 is 1.68 bits per heavy atom. The van der Waals surface area contributed by atoms with Gasteiger partial charge in [-0.15, -0.1) is 0 Å². The lowest BCUT2D eigenvalue weighted by atomic mass is 10.1. The van der Waals surface area contributed by atoms with E-state index in [1.54, 1.807) is 30.3 Å². The number of hydrazone groups is 1.